The second-order valence-corrected chi connectivity index (χ2v) is 7.76. The predicted octanol–water partition coefficient (Wildman–Crippen LogP) is 4.61. The van der Waals surface area contributed by atoms with Gasteiger partial charge in [-0.15, -0.1) is 0 Å². The van der Waals surface area contributed by atoms with Crippen LogP contribution in [-0.4, -0.2) is 37.4 Å². The molecule has 1 amide bonds. The van der Waals surface area contributed by atoms with Crippen LogP contribution in [0.3, 0.4) is 0 Å². The highest BCUT2D eigenvalue weighted by Crippen LogP contribution is 2.37. The van der Waals surface area contributed by atoms with Crippen LogP contribution in [0.1, 0.15) is 5.56 Å². The number of ether oxygens (including phenoxy) is 2. The molecule has 29 heavy (non-hydrogen) atoms. The zero-order valence-corrected chi connectivity index (χ0v) is 18.6. The third-order valence-electron chi connectivity index (χ3n) is 4.67. The second kappa shape index (κ2) is 8.08. The Labute approximate surface area is 187 Å². The molecular weight excluding hydrogens is 505 g/mol. The van der Waals surface area contributed by atoms with Gasteiger partial charge >= 0.3 is 0 Å². The average molecular weight is 522 g/mol. The summed E-state index contributed by atoms with van der Waals surface area (Å²) < 4.78 is 11.4. The number of carbonyl (C=O) groups excluding carboxylic acids is 1. The molecule has 2 heterocycles. The molecule has 2 aromatic carbocycles. The van der Waals surface area contributed by atoms with Gasteiger partial charge in [-0.1, -0.05) is 23.7 Å². The largest absolute Gasteiger partial charge is 0.497 e. The third kappa shape index (κ3) is 3.60. The smallest absolute Gasteiger partial charge is 0.298 e. The zero-order chi connectivity index (χ0) is 20.5. The summed E-state index contributed by atoms with van der Waals surface area (Å²) >= 11 is 8.85. The van der Waals surface area contributed by atoms with E-state index in [0.717, 1.165) is 20.6 Å². The number of halogens is 2. The molecule has 8 heteroatoms. The summed E-state index contributed by atoms with van der Waals surface area (Å²) in [7, 11) is 3.23. The van der Waals surface area contributed by atoms with Crippen molar-refractivity contribution in [1.29, 1.82) is 0 Å². The topological polar surface area (TPSA) is 54.4 Å². The van der Waals surface area contributed by atoms with E-state index in [2.05, 4.69) is 27.6 Å². The minimum Gasteiger partial charge on any atom is -0.497 e. The quantitative estimate of drug-likeness (QED) is 0.436. The lowest BCUT2D eigenvalue weighted by Gasteiger charge is -2.31. The van der Waals surface area contributed by atoms with E-state index in [1.165, 1.54) is 4.90 Å². The summed E-state index contributed by atoms with van der Waals surface area (Å²) in [6.07, 6.45) is 1.62. The van der Waals surface area contributed by atoms with Gasteiger partial charge in [-0.3, -0.25) is 19.6 Å². The number of amidine groups is 1. The van der Waals surface area contributed by atoms with E-state index < -0.39 is 0 Å². The van der Waals surface area contributed by atoms with E-state index in [9.17, 15) is 4.79 Å². The van der Waals surface area contributed by atoms with Crippen LogP contribution in [0, 0.1) is 0 Å². The van der Waals surface area contributed by atoms with Gasteiger partial charge in [0.05, 0.1) is 26.5 Å². The maximum absolute atomic E-state index is 13.1. The molecule has 0 unspecified atom stereocenters. The minimum absolute atomic E-state index is 0.228. The molecule has 0 aromatic heterocycles. The summed E-state index contributed by atoms with van der Waals surface area (Å²) in [6.45, 7) is 0.381. The number of carbonyl (C=O) groups is 1. The average Bonchev–Trinajstić information content (AvgIpc) is 3.22. The van der Waals surface area contributed by atoms with Crippen LogP contribution in [-0.2, 0) is 4.79 Å². The molecule has 0 bridgehead atoms. The van der Waals surface area contributed by atoms with Gasteiger partial charge < -0.3 is 9.47 Å². The Morgan fingerprint density at radius 1 is 1.03 bits per heavy atom. The molecule has 0 aliphatic carbocycles. The molecule has 4 rings (SSSR count). The van der Waals surface area contributed by atoms with Crippen LogP contribution in [0.4, 0.5) is 5.69 Å². The Hall–Kier alpha value is -2.52. The Morgan fingerprint density at radius 2 is 1.62 bits per heavy atom. The molecule has 2 aliphatic heterocycles. The highest BCUT2D eigenvalue weighted by Gasteiger charge is 2.38. The van der Waals surface area contributed by atoms with Gasteiger partial charge in [0.1, 0.15) is 16.7 Å². The highest BCUT2D eigenvalue weighted by molar-refractivity contribution is 14.1. The Balaban J connectivity index is 1.68. The Kier molecular flexibility index (Phi) is 5.51. The third-order valence-corrected chi connectivity index (χ3v) is 6.18. The fourth-order valence-electron chi connectivity index (χ4n) is 3.15. The lowest BCUT2D eigenvalue weighted by Crippen LogP contribution is -2.44. The predicted molar refractivity (Wildman–Crippen MR) is 122 cm³/mol. The van der Waals surface area contributed by atoms with Gasteiger partial charge in [0.25, 0.3) is 5.91 Å². The van der Waals surface area contributed by atoms with Gasteiger partial charge in [0.15, 0.2) is 0 Å². The van der Waals surface area contributed by atoms with Crippen LogP contribution in [0.2, 0.25) is 0 Å². The van der Waals surface area contributed by atoms with E-state index in [1.807, 2.05) is 24.3 Å². The van der Waals surface area contributed by atoms with E-state index in [4.69, 9.17) is 21.1 Å². The van der Waals surface area contributed by atoms with Crippen molar-refractivity contribution < 1.29 is 14.3 Å². The van der Waals surface area contributed by atoms with Crippen LogP contribution in [0.5, 0.6) is 11.5 Å². The number of nitrogens with zero attached hydrogens (tertiary/aromatic N) is 3. The standard InChI is InChI=1S/C21H17ClIN3O3/c1-28-15-7-3-13(4-8-15)19(23)17-11-24-20-21(27)25(12-18(22)26(17)20)14-5-9-16(29-2)10-6-14/h3-10,12H,11H2,1-2H3/b19-17+. The molecule has 0 atom stereocenters. The monoisotopic (exact) mass is 521 g/mol. The van der Waals surface area contributed by atoms with Crippen molar-refractivity contribution in [2.45, 2.75) is 0 Å². The fraction of sp³-hybridized carbons (Fsp3) is 0.143. The number of benzene rings is 2. The number of anilines is 1. The van der Waals surface area contributed by atoms with Crippen molar-refractivity contribution in [3.05, 3.63) is 71.1 Å². The fourth-order valence-corrected chi connectivity index (χ4v) is 4.20. The molecule has 0 saturated carbocycles. The first kappa shape index (κ1) is 19.8. The van der Waals surface area contributed by atoms with Gasteiger partial charge in [-0.2, -0.15) is 0 Å². The van der Waals surface area contributed by atoms with Gasteiger partial charge in [-0.05, 0) is 64.6 Å². The molecule has 0 saturated heterocycles. The van der Waals surface area contributed by atoms with Gasteiger partial charge in [0.2, 0.25) is 5.84 Å². The normalized spacial score (nSPS) is 17.6. The highest BCUT2D eigenvalue weighted by atomic mass is 127. The Bertz CT molecular complexity index is 1050. The summed E-state index contributed by atoms with van der Waals surface area (Å²) in [5, 5.41) is 0.411. The van der Waals surface area contributed by atoms with Crippen LogP contribution in [0.25, 0.3) is 3.58 Å². The molecule has 0 spiro atoms. The second-order valence-electron chi connectivity index (χ2n) is 6.29. The number of amides is 1. The maximum atomic E-state index is 13.1. The number of hydrogen-bond acceptors (Lipinski definition) is 5. The van der Waals surface area contributed by atoms with E-state index in [-0.39, 0.29) is 5.91 Å². The molecule has 2 aliphatic rings. The molecule has 0 N–H and O–H groups in total. The van der Waals surface area contributed by atoms with Gasteiger partial charge in [0, 0.05) is 15.5 Å². The summed E-state index contributed by atoms with van der Waals surface area (Å²) in [5.74, 6) is 1.58. The number of aliphatic imine (C=N–C) groups is 1. The van der Waals surface area contributed by atoms with Crippen LogP contribution in [0.15, 0.2) is 70.6 Å². The van der Waals surface area contributed by atoms with Crippen molar-refractivity contribution in [1.82, 2.24) is 4.90 Å². The summed E-state index contributed by atoms with van der Waals surface area (Å²) in [4.78, 5) is 20.8. The minimum atomic E-state index is -0.228. The first-order valence-corrected chi connectivity index (χ1v) is 10.2. The molecular formula is C21H17ClIN3O3. The van der Waals surface area contributed by atoms with Crippen molar-refractivity contribution >= 4 is 55.2 Å². The lowest BCUT2D eigenvalue weighted by molar-refractivity contribution is -0.112. The van der Waals surface area contributed by atoms with E-state index in [1.54, 1.807) is 49.6 Å². The molecule has 2 aromatic rings. The van der Waals surface area contributed by atoms with E-state index in [0.29, 0.717) is 29.0 Å². The SMILES string of the molecule is COc1ccc(/C(I)=C2/CN=C3C(=O)N(c4ccc(OC)cc4)C=C(Cl)N32)cc1. The van der Waals surface area contributed by atoms with Gasteiger partial charge in [-0.25, -0.2) is 0 Å². The van der Waals surface area contributed by atoms with Crippen molar-refractivity contribution in [3.63, 3.8) is 0 Å². The zero-order valence-electron chi connectivity index (χ0n) is 15.7. The molecule has 0 fully saturated rings. The molecule has 148 valence electrons. The van der Waals surface area contributed by atoms with Crippen LogP contribution < -0.4 is 14.4 Å². The number of hydrogen-bond donors (Lipinski definition) is 0. The summed E-state index contributed by atoms with van der Waals surface area (Å²) in [6, 6.07) is 14.9. The molecule has 0 radical (unpaired) electrons. The Morgan fingerprint density at radius 3 is 2.21 bits per heavy atom. The number of rotatable bonds is 4. The number of methoxy groups -OCH3 is 2. The summed E-state index contributed by atoms with van der Waals surface area (Å²) in [5.41, 5.74) is 2.57. The first-order valence-electron chi connectivity index (χ1n) is 8.76. The van der Waals surface area contributed by atoms with E-state index >= 15 is 0 Å². The maximum Gasteiger partial charge on any atom is 0.298 e. The van der Waals surface area contributed by atoms with Crippen molar-refractivity contribution in [2.24, 2.45) is 4.99 Å². The van der Waals surface area contributed by atoms with Crippen molar-refractivity contribution in [3.8, 4) is 11.5 Å². The van der Waals surface area contributed by atoms with Crippen molar-refractivity contribution in [2.75, 3.05) is 25.7 Å². The first-order chi connectivity index (χ1) is 14.0. The number of fused-ring (bicyclic) bond motifs is 1. The van der Waals surface area contributed by atoms with Crippen LogP contribution >= 0.6 is 34.2 Å². The lowest BCUT2D eigenvalue weighted by atomic mass is 10.1. The molecule has 6 nitrogen and oxygen atoms in total.